The summed E-state index contributed by atoms with van der Waals surface area (Å²) in [6.45, 7) is 3.83. The highest BCUT2D eigenvalue weighted by molar-refractivity contribution is 5.49. The van der Waals surface area contributed by atoms with E-state index < -0.39 is 0 Å². The molecule has 1 rings (SSSR count). The fourth-order valence-corrected chi connectivity index (χ4v) is 2.11. The van der Waals surface area contributed by atoms with Crippen molar-refractivity contribution >= 4 is 6.29 Å². The normalized spacial score (nSPS) is 29.7. The lowest BCUT2D eigenvalue weighted by Gasteiger charge is -2.26. The molecule has 1 aliphatic rings. The van der Waals surface area contributed by atoms with Crippen LogP contribution >= 0.6 is 0 Å². The first-order valence-corrected chi connectivity index (χ1v) is 4.93. The zero-order valence-corrected chi connectivity index (χ0v) is 7.67. The molecule has 2 unspecified atom stereocenters. The third-order valence-corrected chi connectivity index (χ3v) is 2.85. The smallest absolute Gasteiger partial charge is 0.120 e. The average molecular weight is 166 g/mol. The molecule has 1 aliphatic carbocycles. The fourth-order valence-electron chi connectivity index (χ4n) is 2.11. The molecule has 0 N–H and O–H groups in total. The molecule has 0 heterocycles. The van der Waals surface area contributed by atoms with Gasteiger partial charge >= 0.3 is 0 Å². The molecular weight excluding hydrogens is 148 g/mol. The van der Waals surface area contributed by atoms with Crippen LogP contribution in [-0.2, 0) is 4.79 Å². The van der Waals surface area contributed by atoms with Crippen LogP contribution in [0.5, 0.6) is 0 Å². The molecule has 1 heteroatoms. The number of carbonyl (C=O) groups is 1. The molecule has 0 spiro atoms. The van der Waals surface area contributed by atoms with E-state index in [1.165, 1.54) is 25.7 Å². The van der Waals surface area contributed by atoms with E-state index in [0.29, 0.717) is 0 Å². The van der Waals surface area contributed by atoms with Crippen LogP contribution in [0.1, 0.15) is 38.5 Å². The standard InChI is InChI=1S/C11H18O/c1-2-10-5-3-6-11(9-10)7-4-8-12/h2,8,10-11H,1,3-7,9H2. The Morgan fingerprint density at radius 2 is 2.25 bits per heavy atom. The second-order valence-corrected chi connectivity index (χ2v) is 3.77. The Morgan fingerprint density at radius 1 is 1.42 bits per heavy atom. The zero-order valence-electron chi connectivity index (χ0n) is 7.67. The first kappa shape index (κ1) is 9.50. The van der Waals surface area contributed by atoms with E-state index >= 15 is 0 Å². The molecule has 2 atom stereocenters. The van der Waals surface area contributed by atoms with Gasteiger partial charge in [-0.2, -0.15) is 0 Å². The molecule has 1 fully saturated rings. The van der Waals surface area contributed by atoms with Gasteiger partial charge in [-0.15, -0.1) is 6.58 Å². The van der Waals surface area contributed by atoms with Crippen LogP contribution in [-0.4, -0.2) is 6.29 Å². The maximum Gasteiger partial charge on any atom is 0.120 e. The lowest BCUT2D eigenvalue weighted by molar-refractivity contribution is -0.108. The van der Waals surface area contributed by atoms with Gasteiger partial charge in [-0.25, -0.2) is 0 Å². The summed E-state index contributed by atoms with van der Waals surface area (Å²) in [5.74, 6) is 1.50. The first-order chi connectivity index (χ1) is 5.86. The minimum atomic E-state index is 0.718. The van der Waals surface area contributed by atoms with Crippen LogP contribution in [0.15, 0.2) is 12.7 Å². The van der Waals surface area contributed by atoms with Crippen molar-refractivity contribution in [2.75, 3.05) is 0 Å². The molecule has 68 valence electrons. The maximum atomic E-state index is 10.2. The van der Waals surface area contributed by atoms with Crippen LogP contribution in [0.4, 0.5) is 0 Å². The third kappa shape index (κ3) is 2.80. The van der Waals surface area contributed by atoms with Crippen molar-refractivity contribution in [2.45, 2.75) is 38.5 Å². The molecule has 1 nitrogen and oxygen atoms in total. The summed E-state index contributed by atoms with van der Waals surface area (Å²) >= 11 is 0. The van der Waals surface area contributed by atoms with Gasteiger partial charge in [0.1, 0.15) is 6.29 Å². The van der Waals surface area contributed by atoms with Crippen molar-refractivity contribution in [1.29, 1.82) is 0 Å². The maximum absolute atomic E-state index is 10.2. The van der Waals surface area contributed by atoms with Gasteiger partial charge in [0.05, 0.1) is 0 Å². The van der Waals surface area contributed by atoms with Gasteiger partial charge in [0.25, 0.3) is 0 Å². The van der Waals surface area contributed by atoms with Crippen LogP contribution in [0.2, 0.25) is 0 Å². The Kier molecular flexibility index (Phi) is 4.06. The van der Waals surface area contributed by atoms with E-state index in [1.807, 2.05) is 0 Å². The van der Waals surface area contributed by atoms with Gasteiger partial charge in [-0.05, 0) is 31.1 Å². The number of aldehydes is 1. The summed E-state index contributed by atoms with van der Waals surface area (Å²) in [5.41, 5.74) is 0. The van der Waals surface area contributed by atoms with Crippen molar-refractivity contribution in [3.63, 3.8) is 0 Å². The van der Waals surface area contributed by atoms with Crippen molar-refractivity contribution in [2.24, 2.45) is 11.8 Å². The molecule has 0 bridgehead atoms. The molecule has 0 radical (unpaired) electrons. The highest BCUT2D eigenvalue weighted by atomic mass is 16.1. The van der Waals surface area contributed by atoms with E-state index in [1.54, 1.807) is 0 Å². The van der Waals surface area contributed by atoms with E-state index in [4.69, 9.17) is 0 Å². The lowest BCUT2D eigenvalue weighted by atomic mass is 9.79. The van der Waals surface area contributed by atoms with Gasteiger partial charge in [-0.1, -0.05) is 18.9 Å². The van der Waals surface area contributed by atoms with E-state index in [0.717, 1.165) is 31.0 Å². The van der Waals surface area contributed by atoms with E-state index in [2.05, 4.69) is 12.7 Å². The minimum Gasteiger partial charge on any atom is -0.303 e. The molecule has 0 saturated heterocycles. The SMILES string of the molecule is C=CC1CCCC(CCC=O)C1. The van der Waals surface area contributed by atoms with Crippen LogP contribution in [0, 0.1) is 11.8 Å². The molecule has 12 heavy (non-hydrogen) atoms. The largest absolute Gasteiger partial charge is 0.303 e. The minimum absolute atomic E-state index is 0.718. The first-order valence-electron chi connectivity index (χ1n) is 4.93. The highest BCUT2D eigenvalue weighted by Gasteiger charge is 2.18. The fraction of sp³-hybridized carbons (Fsp3) is 0.727. The Labute approximate surface area is 74.9 Å². The van der Waals surface area contributed by atoms with Crippen LogP contribution in [0.25, 0.3) is 0 Å². The summed E-state index contributed by atoms with van der Waals surface area (Å²) in [7, 11) is 0. The van der Waals surface area contributed by atoms with Gasteiger partial charge in [0, 0.05) is 6.42 Å². The highest BCUT2D eigenvalue weighted by Crippen LogP contribution is 2.31. The second-order valence-electron chi connectivity index (χ2n) is 3.77. The Balaban J connectivity index is 2.25. The predicted molar refractivity (Wildman–Crippen MR) is 50.9 cm³/mol. The number of allylic oxidation sites excluding steroid dienone is 1. The summed E-state index contributed by atoms with van der Waals surface area (Å²) in [6, 6.07) is 0. The molecule has 0 aromatic carbocycles. The molecule has 0 aliphatic heterocycles. The van der Waals surface area contributed by atoms with Crippen molar-refractivity contribution in [3.05, 3.63) is 12.7 Å². The number of hydrogen-bond acceptors (Lipinski definition) is 1. The molecule has 1 saturated carbocycles. The second kappa shape index (κ2) is 5.13. The lowest BCUT2D eigenvalue weighted by Crippen LogP contribution is -2.13. The summed E-state index contributed by atoms with van der Waals surface area (Å²) in [4.78, 5) is 10.2. The summed E-state index contributed by atoms with van der Waals surface area (Å²) in [6.07, 6.45) is 10.2. The summed E-state index contributed by atoms with van der Waals surface area (Å²) in [5, 5.41) is 0. The third-order valence-electron chi connectivity index (χ3n) is 2.85. The Hall–Kier alpha value is -0.590. The monoisotopic (exact) mass is 166 g/mol. The van der Waals surface area contributed by atoms with E-state index in [-0.39, 0.29) is 0 Å². The Bertz CT molecular complexity index is 151. The van der Waals surface area contributed by atoms with Gasteiger partial charge in [-0.3, -0.25) is 0 Å². The van der Waals surface area contributed by atoms with Gasteiger partial charge < -0.3 is 4.79 Å². The van der Waals surface area contributed by atoms with Crippen LogP contribution in [0.3, 0.4) is 0 Å². The average Bonchev–Trinajstić information content (AvgIpc) is 2.15. The molecule has 0 aromatic rings. The van der Waals surface area contributed by atoms with Gasteiger partial charge in [0.15, 0.2) is 0 Å². The summed E-state index contributed by atoms with van der Waals surface area (Å²) < 4.78 is 0. The topological polar surface area (TPSA) is 17.1 Å². The van der Waals surface area contributed by atoms with Gasteiger partial charge in [0.2, 0.25) is 0 Å². The molecule has 0 amide bonds. The van der Waals surface area contributed by atoms with E-state index in [9.17, 15) is 4.79 Å². The van der Waals surface area contributed by atoms with Crippen LogP contribution < -0.4 is 0 Å². The quantitative estimate of drug-likeness (QED) is 0.463. The number of carbonyl (C=O) groups excluding carboxylic acids is 1. The zero-order chi connectivity index (χ0) is 8.81. The molecular formula is C11H18O. The van der Waals surface area contributed by atoms with Crippen molar-refractivity contribution in [1.82, 2.24) is 0 Å². The number of hydrogen-bond donors (Lipinski definition) is 0. The predicted octanol–water partition coefficient (Wildman–Crippen LogP) is 2.96. The Morgan fingerprint density at radius 3 is 2.92 bits per heavy atom. The van der Waals surface area contributed by atoms with Crippen molar-refractivity contribution < 1.29 is 4.79 Å². The molecule has 0 aromatic heterocycles. The number of rotatable bonds is 4. The van der Waals surface area contributed by atoms with Crippen molar-refractivity contribution in [3.8, 4) is 0 Å².